The van der Waals surface area contributed by atoms with E-state index in [4.69, 9.17) is 0 Å². The molecule has 0 saturated heterocycles. The van der Waals surface area contributed by atoms with Crippen LogP contribution < -0.4 is 10.2 Å². The third-order valence-corrected chi connectivity index (χ3v) is 2.84. The molecule has 0 bridgehead atoms. The summed E-state index contributed by atoms with van der Waals surface area (Å²) in [5, 5.41) is 12.7. The Kier molecular flexibility index (Phi) is 6.01. The van der Waals surface area contributed by atoms with Gasteiger partial charge >= 0.3 is 0 Å². The summed E-state index contributed by atoms with van der Waals surface area (Å²) >= 11 is 0. The predicted octanol–water partition coefficient (Wildman–Crippen LogP) is 1.79. The third kappa shape index (κ3) is 4.75. The Morgan fingerprint density at radius 2 is 2.18 bits per heavy atom. The fraction of sp³-hybridized carbons (Fsp3) is 0.571. The van der Waals surface area contributed by atoms with Crippen LogP contribution in [0.25, 0.3) is 0 Å². The van der Waals surface area contributed by atoms with Crippen LogP contribution in [0.15, 0.2) is 24.3 Å². The van der Waals surface area contributed by atoms with Gasteiger partial charge in [0.2, 0.25) is 0 Å². The molecule has 1 aromatic carbocycles. The molecule has 0 saturated carbocycles. The lowest BCUT2D eigenvalue weighted by Crippen LogP contribution is -2.42. The first kappa shape index (κ1) is 14.0. The molecule has 96 valence electrons. The molecule has 1 atom stereocenters. The van der Waals surface area contributed by atoms with E-state index in [-0.39, 0.29) is 12.6 Å². The maximum absolute atomic E-state index is 9.31. The molecule has 0 fully saturated rings. The van der Waals surface area contributed by atoms with E-state index >= 15 is 0 Å². The SMILES string of the molecule is CCCNC(CO)CN(C)c1cccc(C)c1. The predicted molar refractivity (Wildman–Crippen MR) is 73.6 cm³/mol. The van der Waals surface area contributed by atoms with Gasteiger partial charge in [-0.1, -0.05) is 19.1 Å². The van der Waals surface area contributed by atoms with Gasteiger partial charge in [-0.25, -0.2) is 0 Å². The van der Waals surface area contributed by atoms with E-state index in [1.807, 2.05) is 0 Å². The number of rotatable bonds is 7. The fourth-order valence-electron chi connectivity index (χ4n) is 1.84. The molecular formula is C14H24N2O. The van der Waals surface area contributed by atoms with Crippen LogP contribution in [0, 0.1) is 6.92 Å². The molecule has 1 unspecified atom stereocenters. The van der Waals surface area contributed by atoms with Crippen molar-refractivity contribution >= 4 is 5.69 Å². The highest BCUT2D eigenvalue weighted by atomic mass is 16.3. The van der Waals surface area contributed by atoms with Crippen molar-refractivity contribution in [2.75, 3.05) is 31.6 Å². The van der Waals surface area contributed by atoms with E-state index in [0.29, 0.717) is 0 Å². The molecule has 0 amide bonds. The molecule has 1 aromatic rings. The number of aryl methyl sites for hydroxylation is 1. The number of hydrogen-bond acceptors (Lipinski definition) is 3. The lowest BCUT2D eigenvalue weighted by Gasteiger charge is -2.25. The number of anilines is 1. The minimum Gasteiger partial charge on any atom is -0.395 e. The topological polar surface area (TPSA) is 35.5 Å². The number of nitrogens with one attached hydrogen (secondary N) is 1. The summed E-state index contributed by atoms with van der Waals surface area (Å²) in [7, 11) is 2.06. The lowest BCUT2D eigenvalue weighted by molar-refractivity contribution is 0.245. The summed E-state index contributed by atoms with van der Waals surface area (Å²) in [5.41, 5.74) is 2.46. The molecule has 3 heteroatoms. The first-order chi connectivity index (χ1) is 8.17. The highest BCUT2D eigenvalue weighted by Gasteiger charge is 2.10. The van der Waals surface area contributed by atoms with E-state index in [0.717, 1.165) is 19.5 Å². The van der Waals surface area contributed by atoms with Gasteiger partial charge in [0.1, 0.15) is 0 Å². The van der Waals surface area contributed by atoms with Gasteiger partial charge in [-0.2, -0.15) is 0 Å². The first-order valence-electron chi connectivity index (χ1n) is 6.29. The van der Waals surface area contributed by atoms with Crippen molar-refractivity contribution < 1.29 is 5.11 Å². The molecule has 0 aliphatic carbocycles. The normalized spacial score (nSPS) is 12.5. The molecule has 2 N–H and O–H groups in total. The molecule has 0 aliphatic rings. The van der Waals surface area contributed by atoms with E-state index in [1.165, 1.54) is 11.3 Å². The molecule has 17 heavy (non-hydrogen) atoms. The summed E-state index contributed by atoms with van der Waals surface area (Å²) in [6.45, 7) is 6.17. The van der Waals surface area contributed by atoms with Crippen molar-refractivity contribution in [3.8, 4) is 0 Å². The van der Waals surface area contributed by atoms with Crippen LogP contribution in [0.5, 0.6) is 0 Å². The number of aliphatic hydroxyl groups excluding tert-OH is 1. The van der Waals surface area contributed by atoms with E-state index in [2.05, 4.69) is 55.4 Å². The standard InChI is InChI=1S/C14H24N2O/c1-4-8-15-13(11-17)10-16(3)14-7-5-6-12(2)9-14/h5-7,9,13,15,17H,4,8,10-11H2,1-3H3. The van der Waals surface area contributed by atoms with Crippen LogP contribution in [-0.2, 0) is 0 Å². The van der Waals surface area contributed by atoms with Crippen molar-refractivity contribution in [2.45, 2.75) is 26.3 Å². The van der Waals surface area contributed by atoms with E-state index in [1.54, 1.807) is 0 Å². The molecule has 0 spiro atoms. The summed E-state index contributed by atoms with van der Waals surface area (Å²) in [6.07, 6.45) is 1.09. The minimum atomic E-state index is 0.139. The van der Waals surface area contributed by atoms with Crippen molar-refractivity contribution in [2.24, 2.45) is 0 Å². The number of nitrogens with zero attached hydrogens (tertiary/aromatic N) is 1. The van der Waals surface area contributed by atoms with Crippen molar-refractivity contribution in [3.05, 3.63) is 29.8 Å². The second kappa shape index (κ2) is 7.30. The fourth-order valence-corrected chi connectivity index (χ4v) is 1.84. The number of hydrogen-bond donors (Lipinski definition) is 2. The minimum absolute atomic E-state index is 0.139. The van der Waals surface area contributed by atoms with Gasteiger partial charge in [-0.3, -0.25) is 0 Å². The largest absolute Gasteiger partial charge is 0.395 e. The Morgan fingerprint density at radius 1 is 1.41 bits per heavy atom. The summed E-state index contributed by atoms with van der Waals surface area (Å²) < 4.78 is 0. The second-order valence-electron chi connectivity index (χ2n) is 4.55. The Balaban J connectivity index is 2.54. The number of benzene rings is 1. The number of likely N-dealkylation sites (N-methyl/N-ethyl adjacent to an activating group) is 1. The van der Waals surface area contributed by atoms with Gasteiger partial charge < -0.3 is 15.3 Å². The summed E-state index contributed by atoms with van der Waals surface area (Å²) in [4.78, 5) is 2.18. The second-order valence-corrected chi connectivity index (χ2v) is 4.55. The van der Waals surface area contributed by atoms with Crippen molar-refractivity contribution in [1.29, 1.82) is 0 Å². The number of aliphatic hydroxyl groups is 1. The highest BCUT2D eigenvalue weighted by molar-refractivity contribution is 5.47. The molecule has 0 aromatic heterocycles. The summed E-state index contributed by atoms with van der Waals surface area (Å²) in [6, 6.07) is 8.56. The smallest absolute Gasteiger partial charge is 0.0601 e. The Morgan fingerprint density at radius 3 is 2.76 bits per heavy atom. The van der Waals surface area contributed by atoms with Crippen LogP contribution >= 0.6 is 0 Å². The van der Waals surface area contributed by atoms with Crippen LogP contribution in [0.1, 0.15) is 18.9 Å². The zero-order valence-electron chi connectivity index (χ0n) is 11.1. The van der Waals surface area contributed by atoms with E-state index < -0.39 is 0 Å². The van der Waals surface area contributed by atoms with Crippen LogP contribution in [-0.4, -0.2) is 37.9 Å². The van der Waals surface area contributed by atoms with Gasteiger partial charge in [-0.05, 0) is 37.6 Å². The zero-order valence-corrected chi connectivity index (χ0v) is 11.1. The Bertz CT molecular complexity index is 328. The lowest BCUT2D eigenvalue weighted by atomic mass is 10.2. The van der Waals surface area contributed by atoms with Crippen molar-refractivity contribution in [1.82, 2.24) is 5.32 Å². The summed E-state index contributed by atoms with van der Waals surface area (Å²) in [5.74, 6) is 0. The maximum atomic E-state index is 9.31. The van der Waals surface area contributed by atoms with Gasteiger partial charge in [0.15, 0.2) is 0 Å². The monoisotopic (exact) mass is 236 g/mol. The molecule has 3 nitrogen and oxygen atoms in total. The average Bonchev–Trinajstić information content (AvgIpc) is 2.34. The zero-order chi connectivity index (χ0) is 12.7. The Labute approximate surface area is 104 Å². The van der Waals surface area contributed by atoms with Gasteiger partial charge in [0.25, 0.3) is 0 Å². The van der Waals surface area contributed by atoms with Crippen LogP contribution in [0.4, 0.5) is 5.69 Å². The molecule has 0 radical (unpaired) electrons. The third-order valence-electron chi connectivity index (χ3n) is 2.84. The van der Waals surface area contributed by atoms with Crippen LogP contribution in [0.3, 0.4) is 0 Å². The van der Waals surface area contributed by atoms with Gasteiger partial charge in [-0.15, -0.1) is 0 Å². The van der Waals surface area contributed by atoms with Crippen molar-refractivity contribution in [3.63, 3.8) is 0 Å². The van der Waals surface area contributed by atoms with E-state index in [9.17, 15) is 5.11 Å². The molecular weight excluding hydrogens is 212 g/mol. The van der Waals surface area contributed by atoms with Crippen LogP contribution in [0.2, 0.25) is 0 Å². The molecule has 1 rings (SSSR count). The van der Waals surface area contributed by atoms with Gasteiger partial charge in [0, 0.05) is 25.3 Å². The maximum Gasteiger partial charge on any atom is 0.0601 e. The average molecular weight is 236 g/mol. The Hall–Kier alpha value is -1.06. The molecule has 0 heterocycles. The molecule has 0 aliphatic heterocycles. The quantitative estimate of drug-likeness (QED) is 0.757. The highest BCUT2D eigenvalue weighted by Crippen LogP contribution is 2.14. The van der Waals surface area contributed by atoms with Gasteiger partial charge in [0.05, 0.1) is 6.61 Å². The first-order valence-corrected chi connectivity index (χ1v) is 6.29.